The molecular formula is C10H10N2O2. The quantitative estimate of drug-likeness (QED) is 0.519. The van der Waals surface area contributed by atoms with E-state index in [-0.39, 0.29) is 5.91 Å². The minimum atomic E-state index is -0.316. The standard InChI is InChI=1S/C10H10N2O2/c1-7-3-9(6-13)10(12-4-7)5-11-8(2)14/h3-6H,1-2H3. The summed E-state index contributed by atoms with van der Waals surface area (Å²) < 4.78 is 0. The number of hydrogen-bond donors (Lipinski definition) is 0. The molecule has 0 fully saturated rings. The average molecular weight is 190 g/mol. The first kappa shape index (κ1) is 10.2. The Morgan fingerprint density at radius 3 is 2.86 bits per heavy atom. The van der Waals surface area contributed by atoms with Crippen molar-refractivity contribution >= 4 is 18.4 Å². The van der Waals surface area contributed by atoms with E-state index < -0.39 is 0 Å². The Labute approximate surface area is 81.7 Å². The zero-order valence-electron chi connectivity index (χ0n) is 8.02. The molecule has 0 radical (unpaired) electrons. The van der Waals surface area contributed by atoms with Crippen LogP contribution in [0.4, 0.5) is 0 Å². The van der Waals surface area contributed by atoms with Crippen LogP contribution in [0.25, 0.3) is 0 Å². The maximum Gasteiger partial charge on any atom is 0.242 e. The molecule has 0 aromatic carbocycles. The van der Waals surface area contributed by atoms with Crippen LogP contribution in [0.1, 0.15) is 28.5 Å². The highest BCUT2D eigenvalue weighted by Crippen LogP contribution is 2.03. The highest BCUT2D eigenvalue weighted by Gasteiger charge is 2.00. The van der Waals surface area contributed by atoms with Crippen molar-refractivity contribution in [3.63, 3.8) is 0 Å². The molecule has 4 nitrogen and oxygen atoms in total. The number of hydrogen-bond acceptors (Lipinski definition) is 3. The Morgan fingerprint density at radius 2 is 2.29 bits per heavy atom. The largest absolute Gasteiger partial charge is 0.298 e. The predicted octanol–water partition coefficient (Wildman–Crippen LogP) is 1.17. The molecule has 0 saturated carbocycles. The molecule has 0 spiro atoms. The number of aromatic nitrogens is 1. The lowest BCUT2D eigenvalue weighted by atomic mass is 10.2. The number of nitrogens with zero attached hydrogens (tertiary/aromatic N) is 2. The van der Waals surface area contributed by atoms with E-state index in [1.54, 1.807) is 12.3 Å². The molecule has 1 aromatic heterocycles. The third-order valence-electron chi connectivity index (χ3n) is 1.58. The second-order valence-electron chi connectivity index (χ2n) is 2.88. The van der Waals surface area contributed by atoms with E-state index in [1.165, 1.54) is 13.1 Å². The number of aryl methyl sites for hydroxylation is 1. The lowest BCUT2D eigenvalue weighted by Gasteiger charge is -1.97. The molecule has 72 valence electrons. The summed E-state index contributed by atoms with van der Waals surface area (Å²) in [6, 6.07) is 1.70. The van der Waals surface area contributed by atoms with Crippen molar-refractivity contribution in [2.75, 3.05) is 0 Å². The van der Waals surface area contributed by atoms with Crippen molar-refractivity contribution in [1.29, 1.82) is 0 Å². The van der Waals surface area contributed by atoms with Gasteiger partial charge in [-0.25, -0.2) is 4.99 Å². The van der Waals surface area contributed by atoms with Gasteiger partial charge in [0.15, 0.2) is 6.29 Å². The van der Waals surface area contributed by atoms with Crippen molar-refractivity contribution in [3.8, 4) is 0 Å². The van der Waals surface area contributed by atoms with Crippen LogP contribution in [0, 0.1) is 6.92 Å². The number of aldehydes is 1. The van der Waals surface area contributed by atoms with Crippen LogP contribution in [0.3, 0.4) is 0 Å². The zero-order valence-corrected chi connectivity index (χ0v) is 8.02. The number of carbonyl (C=O) groups excluding carboxylic acids is 2. The molecule has 0 unspecified atom stereocenters. The molecule has 0 saturated heterocycles. The van der Waals surface area contributed by atoms with Gasteiger partial charge in [0.2, 0.25) is 5.91 Å². The van der Waals surface area contributed by atoms with E-state index >= 15 is 0 Å². The maximum atomic E-state index is 10.6. The smallest absolute Gasteiger partial charge is 0.242 e. The number of amides is 1. The third kappa shape index (κ3) is 2.58. The van der Waals surface area contributed by atoms with Gasteiger partial charge in [-0.1, -0.05) is 0 Å². The van der Waals surface area contributed by atoms with Crippen LogP contribution in [-0.2, 0) is 4.79 Å². The van der Waals surface area contributed by atoms with Gasteiger partial charge in [-0.3, -0.25) is 14.6 Å². The van der Waals surface area contributed by atoms with Gasteiger partial charge >= 0.3 is 0 Å². The summed E-state index contributed by atoms with van der Waals surface area (Å²) in [5.74, 6) is -0.316. The fraction of sp³-hybridized carbons (Fsp3) is 0.200. The summed E-state index contributed by atoms with van der Waals surface area (Å²) in [5.41, 5.74) is 1.75. The lowest BCUT2D eigenvalue weighted by Crippen LogP contribution is -1.97. The normalized spacial score (nSPS) is 10.4. The van der Waals surface area contributed by atoms with Crippen molar-refractivity contribution in [3.05, 3.63) is 29.1 Å². The molecule has 1 aromatic rings. The van der Waals surface area contributed by atoms with Gasteiger partial charge in [0.05, 0.1) is 11.9 Å². The highest BCUT2D eigenvalue weighted by molar-refractivity contribution is 5.95. The minimum absolute atomic E-state index is 0.316. The van der Waals surface area contributed by atoms with Crippen LogP contribution >= 0.6 is 0 Å². The van der Waals surface area contributed by atoms with Crippen molar-refractivity contribution in [2.24, 2.45) is 4.99 Å². The van der Waals surface area contributed by atoms with E-state index in [2.05, 4.69) is 9.98 Å². The van der Waals surface area contributed by atoms with Crippen LogP contribution in [0.5, 0.6) is 0 Å². The van der Waals surface area contributed by atoms with Gasteiger partial charge in [0, 0.05) is 18.7 Å². The summed E-state index contributed by atoms with van der Waals surface area (Å²) in [5, 5.41) is 0. The minimum Gasteiger partial charge on any atom is -0.298 e. The summed E-state index contributed by atoms with van der Waals surface area (Å²) in [6.45, 7) is 3.18. The summed E-state index contributed by atoms with van der Waals surface area (Å²) in [4.78, 5) is 28.7. The average Bonchev–Trinajstić information content (AvgIpc) is 2.15. The van der Waals surface area contributed by atoms with Gasteiger partial charge in [-0.05, 0) is 18.6 Å². The molecule has 1 amide bonds. The molecular weight excluding hydrogens is 180 g/mol. The Morgan fingerprint density at radius 1 is 1.57 bits per heavy atom. The van der Waals surface area contributed by atoms with Crippen molar-refractivity contribution < 1.29 is 9.59 Å². The van der Waals surface area contributed by atoms with Crippen LogP contribution in [0.2, 0.25) is 0 Å². The molecule has 0 N–H and O–H groups in total. The van der Waals surface area contributed by atoms with Crippen LogP contribution in [-0.4, -0.2) is 23.4 Å². The Hall–Kier alpha value is -1.84. The van der Waals surface area contributed by atoms with E-state index in [4.69, 9.17) is 0 Å². The van der Waals surface area contributed by atoms with Gasteiger partial charge in [0.25, 0.3) is 0 Å². The van der Waals surface area contributed by atoms with Gasteiger partial charge < -0.3 is 0 Å². The van der Waals surface area contributed by atoms with Gasteiger partial charge in [0.1, 0.15) is 0 Å². The molecule has 0 aliphatic rings. The van der Waals surface area contributed by atoms with E-state index in [1.807, 2.05) is 6.92 Å². The van der Waals surface area contributed by atoms with Crippen molar-refractivity contribution in [1.82, 2.24) is 4.98 Å². The fourth-order valence-electron chi connectivity index (χ4n) is 0.957. The first-order valence-electron chi connectivity index (χ1n) is 4.10. The lowest BCUT2D eigenvalue weighted by molar-refractivity contribution is -0.115. The van der Waals surface area contributed by atoms with Crippen molar-refractivity contribution in [2.45, 2.75) is 13.8 Å². The first-order valence-corrected chi connectivity index (χ1v) is 4.10. The molecule has 0 atom stereocenters. The highest BCUT2D eigenvalue weighted by atomic mass is 16.1. The molecule has 0 aliphatic heterocycles. The Kier molecular flexibility index (Phi) is 3.23. The number of carbonyl (C=O) groups is 2. The fourth-order valence-corrected chi connectivity index (χ4v) is 0.957. The summed E-state index contributed by atoms with van der Waals surface area (Å²) in [7, 11) is 0. The predicted molar refractivity (Wildman–Crippen MR) is 52.6 cm³/mol. The second-order valence-corrected chi connectivity index (χ2v) is 2.88. The zero-order chi connectivity index (χ0) is 10.6. The van der Waals surface area contributed by atoms with Crippen LogP contribution < -0.4 is 0 Å². The van der Waals surface area contributed by atoms with E-state index in [9.17, 15) is 9.59 Å². The van der Waals surface area contributed by atoms with Gasteiger partial charge in [-0.15, -0.1) is 0 Å². The monoisotopic (exact) mass is 190 g/mol. The number of rotatable bonds is 2. The molecule has 1 heterocycles. The molecule has 4 heteroatoms. The third-order valence-corrected chi connectivity index (χ3v) is 1.58. The van der Waals surface area contributed by atoms with Crippen LogP contribution in [0.15, 0.2) is 17.3 Å². The van der Waals surface area contributed by atoms with E-state index in [0.717, 1.165) is 5.56 Å². The summed E-state index contributed by atoms with van der Waals surface area (Å²) >= 11 is 0. The topological polar surface area (TPSA) is 59.4 Å². The first-order chi connectivity index (χ1) is 6.63. The molecule has 0 bridgehead atoms. The molecule has 0 aliphatic carbocycles. The molecule has 1 rings (SSSR count). The summed E-state index contributed by atoms with van der Waals surface area (Å²) in [6.07, 6.45) is 3.61. The van der Waals surface area contributed by atoms with Gasteiger partial charge in [-0.2, -0.15) is 0 Å². The van der Waals surface area contributed by atoms with E-state index in [0.29, 0.717) is 17.5 Å². The Bertz CT molecular complexity index is 397. The SMILES string of the molecule is CC(=O)N=Cc1ncc(C)cc1C=O. The molecule has 14 heavy (non-hydrogen) atoms. The number of pyridine rings is 1. The second kappa shape index (κ2) is 4.41. The Balaban J connectivity index is 3.08. The maximum absolute atomic E-state index is 10.6. The number of aliphatic imine (C=N–C) groups is 1.